The normalized spacial score (nSPS) is 14.4. The molecule has 5 heteroatoms. The fraction of sp³-hybridized carbons (Fsp3) is 0.0444. The zero-order valence-corrected chi connectivity index (χ0v) is 27.0. The summed E-state index contributed by atoms with van der Waals surface area (Å²) in [5.41, 5.74) is 9.71. The summed E-state index contributed by atoms with van der Waals surface area (Å²) in [5, 5.41) is 4.05. The molecule has 0 spiro atoms. The highest BCUT2D eigenvalue weighted by Crippen LogP contribution is 2.40. The predicted molar refractivity (Wildman–Crippen MR) is 202 cm³/mol. The standard InChI is InChI=1S/C45H29N3O2/c1-3-11-28(12-4-1)29-21-23-30(24-22-29)32-25-26-34-40(27-32)50-39-20-10-17-36(42(34)39)45-47-43(31-13-5-2-6-14-31)46-44(48-45)35-16-9-19-38-41(35)33-15-7-8-18-37(33)49-38/h1-13,15-27,31H,14H2. The Morgan fingerprint density at radius 1 is 0.460 bits per heavy atom. The van der Waals surface area contributed by atoms with Crippen LogP contribution < -0.4 is 0 Å². The SMILES string of the molecule is C1=CCC(c2nc(-c3cccc4oc5ccccc5c34)nc(-c3cccc4oc5cc(-c6ccc(-c7ccccc7)cc6)ccc5c34)n2)C=C1. The average molecular weight is 644 g/mol. The molecule has 0 fully saturated rings. The summed E-state index contributed by atoms with van der Waals surface area (Å²) in [6.07, 6.45) is 9.29. The third-order valence-electron chi connectivity index (χ3n) is 9.67. The molecule has 0 N–H and O–H groups in total. The van der Waals surface area contributed by atoms with E-state index in [-0.39, 0.29) is 5.92 Å². The van der Waals surface area contributed by atoms with Crippen molar-refractivity contribution in [3.8, 4) is 45.0 Å². The highest BCUT2D eigenvalue weighted by molar-refractivity contribution is 6.13. The van der Waals surface area contributed by atoms with Crippen LogP contribution in [0.4, 0.5) is 0 Å². The third-order valence-corrected chi connectivity index (χ3v) is 9.67. The van der Waals surface area contributed by atoms with Crippen LogP contribution in [0.3, 0.4) is 0 Å². The molecule has 5 nitrogen and oxygen atoms in total. The zero-order valence-electron chi connectivity index (χ0n) is 27.0. The second kappa shape index (κ2) is 11.5. The summed E-state index contributed by atoms with van der Waals surface area (Å²) in [6, 6.07) is 45.9. The van der Waals surface area contributed by atoms with Gasteiger partial charge in [0.25, 0.3) is 0 Å². The lowest BCUT2D eigenvalue weighted by atomic mass is 9.98. The molecule has 0 saturated carbocycles. The Hall–Kier alpha value is -6.59. The minimum absolute atomic E-state index is 0.0388. The van der Waals surface area contributed by atoms with Gasteiger partial charge in [0.15, 0.2) is 11.6 Å². The fourth-order valence-electron chi connectivity index (χ4n) is 7.21. The van der Waals surface area contributed by atoms with Crippen LogP contribution in [0.1, 0.15) is 18.2 Å². The van der Waals surface area contributed by atoms with Gasteiger partial charge in [-0.15, -0.1) is 0 Å². The van der Waals surface area contributed by atoms with Crippen LogP contribution in [0.15, 0.2) is 167 Å². The van der Waals surface area contributed by atoms with Crippen LogP contribution in [-0.2, 0) is 0 Å². The highest BCUT2D eigenvalue weighted by atomic mass is 16.3. The zero-order chi connectivity index (χ0) is 33.0. The summed E-state index contributed by atoms with van der Waals surface area (Å²) >= 11 is 0. The molecular formula is C45H29N3O2. The predicted octanol–water partition coefficient (Wildman–Crippen LogP) is 11.9. The average Bonchev–Trinajstić information content (AvgIpc) is 3.77. The van der Waals surface area contributed by atoms with Gasteiger partial charge in [-0.3, -0.25) is 0 Å². The molecule has 50 heavy (non-hydrogen) atoms. The van der Waals surface area contributed by atoms with Crippen molar-refractivity contribution in [1.82, 2.24) is 15.0 Å². The molecule has 9 aromatic rings. The molecule has 0 amide bonds. The number of para-hydroxylation sites is 1. The van der Waals surface area contributed by atoms with E-state index in [2.05, 4.69) is 109 Å². The Morgan fingerprint density at radius 2 is 1.04 bits per heavy atom. The van der Waals surface area contributed by atoms with E-state index in [1.165, 1.54) is 11.1 Å². The van der Waals surface area contributed by atoms with Gasteiger partial charge in [0.1, 0.15) is 28.2 Å². The van der Waals surface area contributed by atoms with Crippen molar-refractivity contribution in [3.63, 3.8) is 0 Å². The van der Waals surface area contributed by atoms with Crippen molar-refractivity contribution < 1.29 is 8.83 Å². The number of allylic oxidation sites excluding steroid dienone is 4. The number of hydrogen-bond acceptors (Lipinski definition) is 5. The van der Waals surface area contributed by atoms with Crippen molar-refractivity contribution in [1.29, 1.82) is 0 Å². The lowest BCUT2D eigenvalue weighted by Crippen LogP contribution is -2.08. The summed E-state index contributed by atoms with van der Waals surface area (Å²) in [4.78, 5) is 15.5. The van der Waals surface area contributed by atoms with E-state index >= 15 is 0 Å². The van der Waals surface area contributed by atoms with Gasteiger partial charge < -0.3 is 8.83 Å². The van der Waals surface area contributed by atoms with Crippen molar-refractivity contribution >= 4 is 43.9 Å². The topological polar surface area (TPSA) is 65.0 Å². The first-order valence-electron chi connectivity index (χ1n) is 16.9. The quantitative estimate of drug-likeness (QED) is 0.187. The first-order chi connectivity index (χ1) is 24.8. The number of furan rings is 2. The first kappa shape index (κ1) is 28.4. The Morgan fingerprint density at radius 3 is 1.74 bits per heavy atom. The van der Waals surface area contributed by atoms with E-state index in [9.17, 15) is 0 Å². The maximum absolute atomic E-state index is 6.52. The van der Waals surface area contributed by atoms with E-state index in [1.54, 1.807) is 0 Å². The van der Waals surface area contributed by atoms with Crippen molar-refractivity contribution in [2.75, 3.05) is 0 Å². The molecule has 6 aromatic carbocycles. The smallest absolute Gasteiger partial charge is 0.164 e. The van der Waals surface area contributed by atoms with E-state index in [0.717, 1.165) is 78.4 Å². The lowest BCUT2D eigenvalue weighted by Gasteiger charge is -2.15. The van der Waals surface area contributed by atoms with Crippen LogP contribution in [0, 0.1) is 0 Å². The second-order valence-corrected chi connectivity index (χ2v) is 12.7. The Balaban J connectivity index is 1.12. The summed E-state index contributed by atoms with van der Waals surface area (Å²) in [5.74, 6) is 2.01. The third kappa shape index (κ3) is 4.74. The molecular weight excluding hydrogens is 615 g/mol. The molecule has 1 aliphatic carbocycles. The summed E-state index contributed by atoms with van der Waals surface area (Å²) in [7, 11) is 0. The van der Waals surface area contributed by atoms with Crippen LogP contribution in [0.2, 0.25) is 0 Å². The lowest BCUT2D eigenvalue weighted by molar-refractivity contribution is 0.668. The van der Waals surface area contributed by atoms with Crippen LogP contribution in [0.25, 0.3) is 88.9 Å². The monoisotopic (exact) mass is 643 g/mol. The van der Waals surface area contributed by atoms with Crippen LogP contribution in [-0.4, -0.2) is 15.0 Å². The maximum atomic E-state index is 6.52. The van der Waals surface area contributed by atoms with E-state index in [1.807, 2.05) is 48.5 Å². The molecule has 10 rings (SSSR count). The van der Waals surface area contributed by atoms with Crippen molar-refractivity contribution in [2.45, 2.75) is 12.3 Å². The minimum Gasteiger partial charge on any atom is -0.456 e. The molecule has 1 aliphatic rings. The van der Waals surface area contributed by atoms with E-state index < -0.39 is 0 Å². The number of nitrogens with zero attached hydrogens (tertiary/aromatic N) is 3. The van der Waals surface area contributed by atoms with Crippen LogP contribution in [0.5, 0.6) is 0 Å². The molecule has 0 aliphatic heterocycles. The van der Waals surface area contributed by atoms with Gasteiger partial charge in [0, 0.05) is 38.6 Å². The number of fused-ring (bicyclic) bond motifs is 6. The number of benzene rings is 6. The minimum atomic E-state index is 0.0388. The van der Waals surface area contributed by atoms with Gasteiger partial charge >= 0.3 is 0 Å². The molecule has 1 atom stereocenters. The molecule has 0 radical (unpaired) electrons. The molecule has 3 aromatic heterocycles. The van der Waals surface area contributed by atoms with Gasteiger partial charge in [0.2, 0.25) is 0 Å². The Labute approximate surface area is 287 Å². The van der Waals surface area contributed by atoms with Gasteiger partial charge in [-0.2, -0.15) is 0 Å². The highest BCUT2D eigenvalue weighted by Gasteiger charge is 2.22. The van der Waals surface area contributed by atoms with Gasteiger partial charge in [-0.1, -0.05) is 127 Å². The number of aromatic nitrogens is 3. The fourth-order valence-corrected chi connectivity index (χ4v) is 7.21. The number of hydrogen-bond donors (Lipinski definition) is 0. The van der Waals surface area contributed by atoms with Crippen molar-refractivity contribution in [3.05, 3.63) is 164 Å². The molecule has 3 heterocycles. The molecule has 0 bridgehead atoms. The largest absolute Gasteiger partial charge is 0.456 e. The van der Waals surface area contributed by atoms with Crippen molar-refractivity contribution in [2.24, 2.45) is 0 Å². The van der Waals surface area contributed by atoms with Gasteiger partial charge in [-0.25, -0.2) is 15.0 Å². The Kier molecular flexibility index (Phi) is 6.56. The van der Waals surface area contributed by atoms with Gasteiger partial charge in [0.05, 0.1) is 0 Å². The maximum Gasteiger partial charge on any atom is 0.164 e. The molecule has 1 unspecified atom stereocenters. The van der Waals surface area contributed by atoms with Crippen LogP contribution >= 0.6 is 0 Å². The Bertz CT molecular complexity index is 2790. The summed E-state index contributed by atoms with van der Waals surface area (Å²) in [6.45, 7) is 0. The van der Waals surface area contributed by atoms with E-state index in [4.69, 9.17) is 23.8 Å². The van der Waals surface area contributed by atoms with E-state index in [0.29, 0.717) is 11.6 Å². The van der Waals surface area contributed by atoms with Gasteiger partial charge in [-0.05, 0) is 59.0 Å². The molecule has 0 saturated heterocycles. The number of rotatable bonds is 5. The second-order valence-electron chi connectivity index (χ2n) is 12.7. The first-order valence-corrected chi connectivity index (χ1v) is 16.9. The molecule has 236 valence electrons. The summed E-state index contributed by atoms with van der Waals surface area (Å²) < 4.78 is 12.8.